The van der Waals surface area contributed by atoms with E-state index in [-0.39, 0.29) is 11.7 Å². The monoisotopic (exact) mass is 352 g/mol. The van der Waals surface area contributed by atoms with Crippen LogP contribution in [0.25, 0.3) is 0 Å². The molecule has 3 heteroatoms. The van der Waals surface area contributed by atoms with Crippen LogP contribution >= 0.6 is 0 Å². The van der Waals surface area contributed by atoms with Crippen molar-refractivity contribution in [2.24, 2.45) is 5.92 Å². The van der Waals surface area contributed by atoms with Gasteiger partial charge in [-0.25, -0.2) is 4.39 Å². The number of nitriles is 1. The number of hydrogen-bond acceptors (Lipinski definition) is 2. The van der Waals surface area contributed by atoms with Gasteiger partial charge in [0.05, 0.1) is 11.5 Å². The van der Waals surface area contributed by atoms with E-state index < -0.39 is 5.41 Å². The largest absolute Gasteiger partial charge is 0.306 e. The molecule has 26 heavy (non-hydrogen) atoms. The van der Waals surface area contributed by atoms with Gasteiger partial charge in [0.25, 0.3) is 0 Å². The molecule has 0 fully saturated rings. The highest BCUT2D eigenvalue weighted by Crippen LogP contribution is 2.36. The highest BCUT2D eigenvalue weighted by atomic mass is 19.1. The Kier molecular flexibility index (Phi) is 7.36. The van der Waals surface area contributed by atoms with E-state index in [1.54, 1.807) is 12.1 Å². The summed E-state index contributed by atoms with van der Waals surface area (Å²) < 4.78 is 13.3. The first-order valence-corrected chi connectivity index (χ1v) is 9.37. The fourth-order valence-corrected chi connectivity index (χ4v) is 3.47. The Bertz CT molecular complexity index is 703. The fourth-order valence-electron chi connectivity index (χ4n) is 3.47. The minimum Gasteiger partial charge on any atom is -0.306 e. The number of hydrogen-bond donors (Lipinski definition) is 0. The molecule has 0 saturated heterocycles. The molecule has 0 spiro atoms. The van der Waals surface area contributed by atoms with E-state index in [2.05, 4.69) is 56.1 Å². The Morgan fingerprint density at radius 3 is 2.27 bits per heavy atom. The zero-order valence-corrected chi connectivity index (χ0v) is 16.1. The van der Waals surface area contributed by atoms with Crippen molar-refractivity contribution in [3.8, 4) is 6.07 Å². The number of rotatable bonds is 9. The number of benzene rings is 2. The lowest BCUT2D eigenvalue weighted by Crippen LogP contribution is -2.32. The Hall–Kier alpha value is -2.18. The molecular weight excluding hydrogens is 323 g/mol. The van der Waals surface area contributed by atoms with Gasteiger partial charge in [-0.1, -0.05) is 56.3 Å². The van der Waals surface area contributed by atoms with Crippen molar-refractivity contribution in [2.45, 2.75) is 38.5 Å². The number of nitrogens with zero attached hydrogens (tertiary/aromatic N) is 2. The van der Waals surface area contributed by atoms with Gasteiger partial charge in [0.1, 0.15) is 5.82 Å². The Morgan fingerprint density at radius 1 is 1.04 bits per heavy atom. The van der Waals surface area contributed by atoms with Crippen molar-refractivity contribution in [1.29, 1.82) is 5.26 Å². The molecule has 1 atom stereocenters. The van der Waals surface area contributed by atoms with Crippen molar-refractivity contribution in [3.63, 3.8) is 0 Å². The first-order valence-electron chi connectivity index (χ1n) is 9.37. The lowest BCUT2D eigenvalue weighted by molar-refractivity contribution is 0.294. The van der Waals surface area contributed by atoms with E-state index in [4.69, 9.17) is 0 Å². The van der Waals surface area contributed by atoms with Crippen LogP contribution < -0.4 is 0 Å². The van der Waals surface area contributed by atoms with Crippen LogP contribution in [0.4, 0.5) is 4.39 Å². The molecule has 2 rings (SSSR count). The number of likely N-dealkylation sites (N-methyl/N-ethyl adjacent to an activating group) is 1. The van der Waals surface area contributed by atoms with Crippen molar-refractivity contribution in [1.82, 2.24) is 4.90 Å². The van der Waals surface area contributed by atoms with Gasteiger partial charge in [-0.3, -0.25) is 0 Å². The van der Waals surface area contributed by atoms with Gasteiger partial charge in [0.15, 0.2) is 0 Å². The molecule has 2 aromatic carbocycles. The minimum absolute atomic E-state index is 0.174. The van der Waals surface area contributed by atoms with E-state index >= 15 is 0 Å². The number of halogens is 1. The predicted octanol–water partition coefficient (Wildman–Crippen LogP) is 5.20. The molecule has 1 unspecified atom stereocenters. The van der Waals surface area contributed by atoms with Crippen molar-refractivity contribution < 1.29 is 4.39 Å². The maximum Gasteiger partial charge on any atom is 0.123 e. The molecular formula is C23H29FN2. The van der Waals surface area contributed by atoms with Crippen LogP contribution in [0.15, 0.2) is 54.6 Å². The topological polar surface area (TPSA) is 27.0 Å². The molecule has 2 aromatic rings. The van der Waals surface area contributed by atoms with Crippen LogP contribution in [0.5, 0.6) is 0 Å². The van der Waals surface area contributed by atoms with Gasteiger partial charge in [-0.2, -0.15) is 5.26 Å². The third kappa shape index (κ3) is 5.16. The van der Waals surface area contributed by atoms with E-state index in [1.165, 1.54) is 17.7 Å². The molecule has 2 nitrogen and oxygen atoms in total. The van der Waals surface area contributed by atoms with Crippen LogP contribution in [0.2, 0.25) is 0 Å². The average molecular weight is 352 g/mol. The lowest BCUT2D eigenvalue weighted by atomic mass is 9.70. The highest BCUT2D eigenvalue weighted by Gasteiger charge is 2.35. The van der Waals surface area contributed by atoms with E-state index in [0.29, 0.717) is 0 Å². The summed E-state index contributed by atoms with van der Waals surface area (Å²) in [7, 11) is 2.13. The smallest absolute Gasteiger partial charge is 0.123 e. The molecule has 0 saturated carbocycles. The fraction of sp³-hybridized carbons (Fsp3) is 0.435. The van der Waals surface area contributed by atoms with Crippen LogP contribution in [0.1, 0.15) is 37.8 Å². The van der Waals surface area contributed by atoms with Gasteiger partial charge in [0.2, 0.25) is 0 Å². The molecule has 0 radical (unpaired) electrons. The van der Waals surface area contributed by atoms with Gasteiger partial charge < -0.3 is 4.90 Å². The first kappa shape index (κ1) is 20.1. The van der Waals surface area contributed by atoms with Gasteiger partial charge in [0, 0.05) is 6.54 Å². The molecule has 0 aliphatic carbocycles. The summed E-state index contributed by atoms with van der Waals surface area (Å²) in [6.07, 6.45) is 2.75. The third-order valence-electron chi connectivity index (χ3n) is 5.28. The molecule has 0 amide bonds. The average Bonchev–Trinajstić information content (AvgIpc) is 2.65. The Labute approximate surface area is 157 Å². The zero-order chi connectivity index (χ0) is 19.0. The molecule has 0 bridgehead atoms. The second-order valence-electron chi connectivity index (χ2n) is 7.39. The van der Waals surface area contributed by atoms with Crippen molar-refractivity contribution in [2.75, 3.05) is 20.1 Å². The zero-order valence-electron chi connectivity index (χ0n) is 16.1. The summed E-state index contributed by atoms with van der Waals surface area (Å²) in [5, 5.41) is 9.93. The minimum atomic E-state index is -0.562. The van der Waals surface area contributed by atoms with E-state index in [0.717, 1.165) is 37.9 Å². The van der Waals surface area contributed by atoms with Crippen molar-refractivity contribution >= 4 is 0 Å². The van der Waals surface area contributed by atoms with Gasteiger partial charge >= 0.3 is 0 Å². The van der Waals surface area contributed by atoms with Gasteiger partial charge in [-0.05, 0) is 62.0 Å². The summed E-state index contributed by atoms with van der Waals surface area (Å²) in [4.78, 5) is 2.32. The first-order chi connectivity index (χ1) is 12.5. The summed E-state index contributed by atoms with van der Waals surface area (Å²) >= 11 is 0. The predicted molar refractivity (Wildman–Crippen MR) is 105 cm³/mol. The van der Waals surface area contributed by atoms with Crippen LogP contribution in [0, 0.1) is 23.1 Å². The van der Waals surface area contributed by atoms with E-state index in [1.807, 2.05) is 6.07 Å². The third-order valence-corrected chi connectivity index (χ3v) is 5.28. The lowest BCUT2D eigenvalue weighted by Gasteiger charge is -2.32. The Balaban J connectivity index is 1.93. The second kappa shape index (κ2) is 9.50. The molecule has 138 valence electrons. The maximum atomic E-state index is 13.3. The molecule has 0 heterocycles. The van der Waals surface area contributed by atoms with Crippen LogP contribution in [0.3, 0.4) is 0 Å². The van der Waals surface area contributed by atoms with E-state index in [9.17, 15) is 9.65 Å². The summed E-state index contributed by atoms with van der Waals surface area (Å²) in [6, 6.07) is 19.5. The molecule has 0 aliphatic heterocycles. The highest BCUT2D eigenvalue weighted by molar-refractivity contribution is 5.33. The molecule has 0 N–H and O–H groups in total. The van der Waals surface area contributed by atoms with Crippen LogP contribution in [-0.2, 0) is 11.8 Å². The summed E-state index contributed by atoms with van der Waals surface area (Å²) in [6.45, 7) is 6.10. The van der Waals surface area contributed by atoms with Crippen LogP contribution in [-0.4, -0.2) is 25.0 Å². The molecule has 0 aromatic heterocycles. The molecule has 0 aliphatic rings. The normalized spacial score (nSPS) is 13.6. The summed E-state index contributed by atoms with van der Waals surface area (Å²) in [5.41, 5.74) is 1.70. The second-order valence-corrected chi connectivity index (χ2v) is 7.39. The Morgan fingerprint density at radius 2 is 1.69 bits per heavy atom. The summed E-state index contributed by atoms with van der Waals surface area (Å²) in [5.74, 6) is -0.0856. The standard InChI is InChI=1S/C23H29FN2/c1-19(2)23(18-25,21-10-12-22(24)13-11-21)15-7-16-26(3)17-14-20-8-5-4-6-9-20/h4-6,8-13,19H,7,14-17H2,1-3H3. The maximum absolute atomic E-state index is 13.3. The van der Waals surface area contributed by atoms with Gasteiger partial charge in [-0.15, -0.1) is 0 Å². The van der Waals surface area contributed by atoms with Crippen molar-refractivity contribution in [3.05, 3.63) is 71.5 Å². The quantitative estimate of drug-likeness (QED) is 0.620. The SMILES string of the molecule is CC(C)C(C#N)(CCCN(C)CCc1ccccc1)c1ccc(F)cc1.